The Bertz CT molecular complexity index is 567. The van der Waals surface area contributed by atoms with E-state index in [2.05, 4.69) is 10.3 Å². The molecule has 19 heavy (non-hydrogen) atoms. The first-order chi connectivity index (χ1) is 9.19. The van der Waals surface area contributed by atoms with Crippen LogP contribution in [-0.4, -0.2) is 16.0 Å². The van der Waals surface area contributed by atoms with Crippen LogP contribution in [0.2, 0.25) is 0 Å². The van der Waals surface area contributed by atoms with Crippen molar-refractivity contribution in [3.8, 4) is 5.75 Å². The molecule has 5 heteroatoms. The Morgan fingerprint density at radius 1 is 1.26 bits per heavy atom. The predicted octanol–water partition coefficient (Wildman–Crippen LogP) is 1.43. The molecule has 0 saturated carbocycles. The smallest absolute Gasteiger partial charge is 0.230 e. The van der Waals surface area contributed by atoms with Crippen LogP contribution in [0.4, 0.5) is 5.82 Å². The summed E-state index contributed by atoms with van der Waals surface area (Å²) in [5.74, 6) is 0.358. The average Bonchev–Trinajstić information content (AvgIpc) is 2.42. The highest BCUT2D eigenvalue weighted by atomic mass is 16.3. The van der Waals surface area contributed by atoms with Crippen LogP contribution in [0.3, 0.4) is 0 Å². The van der Waals surface area contributed by atoms with Gasteiger partial charge in [0.25, 0.3) is 0 Å². The highest BCUT2D eigenvalue weighted by Crippen LogP contribution is 2.16. The van der Waals surface area contributed by atoms with Gasteiger partial charge < -0.3 is 16.2 Å². The molecule has 0 aliphatic heterocycles. The van der Waals surface area contributed by atoms with Crippen molar-refractivity contribution < 1.29 is 9.90 Å². The summed E-state index contributed by atoms with van der Waals surface area (Å²) in [7, 11) is 0. The Hall–Kier alpha value is -2.40. The van der Waals surface area contributed by atoms with Crippen LogP contribution in [-0.2, 0) is 17.8 Å². The molecule has 0 fully saturated rings. The third-order valence-electron chi connectivity index (χ3n) is 2.67. The molecule has 1 aromatic carbocycles. The highest BCUT2D eigenvalue weighted by molar-refractivity contribution is 5.91. The average molecular weight is 257 g/mol. The molecule has 0 saturated heterocycles. The monoisotopic (exact) mass is 257 g/mol. The zero-order valence-corrected chi connectivity index (χ0v) is 10.3. The van der Waals surface area contributed by atoms with Crippen LogP contribution in [0, 0.1) is 0 Å². The molecule has 0 atom stereocenters. The summed E-state index contributed by atoms with van der Waals surface area (Å²) in [4.78, 5) is 15.9. The first-order valence-corrected chi connectivity index (χ1v) is 5.91. The molecule has 1 heterocycles. The second kappa shape index (κ2) is 5.97. The van der Waals surface area contributed by atoms with E-state index in [9.17, 15) is 9.90 Å². The van der Waals surface area contributed by atoms with E-state index in [1.165, 1.54) is 0 Å². The molecular formula is C14H15N3O2. The van der Waals surface area contributed by atoms with Crippen LogP contribution in [0.15, 0.2) is 42.6 Å². The predicted molar refractivity (Wildman–Crippen MR) is 72.6 cm³/mol. The van der Waals surface area contributed by atoms with E-state index < -0.39 is 0 Å². The first-order valence-electron chi connectivity index (χ1n) is 5.91. The quantitative estimate of drug-likeness (QED) is 0.773. The lowest BCUT2D eigenvalue weighted by Crippen LogP contribution is -2.15. The van der Waals surface area contributed by atoms with E-state index in [0.29, 0.717) is 17.9 Å². The third kappa shape index (κ3) is 3.53. The second-order valence-electron chi connectivity index (χ2n) is 4.11. The number of aromatic hydroxyl groups is 1. The van der Waals surface area contributed by atoms with E-state index >= 15 is 0 Å². The van der Waals surface area contributed by atoms with Crippen molar-refractivity contribution in [2.24, 2.45) is 5.73 Å². The molecule has 0 aliphatic carbocycles. The lowest BCUT2D eigenvalue weighted by Gasteiger charge is -2.06. The fourth-order valence-corrected chi connectivity index (χ4v) is 1.64. The number of phenols is 1. The number of aromatic nitrogens is 1. The van der Waals surface area contributed by atoms with Crippen LogP contribution in [0.1, 0.15) is 11.1 Å². The van der Waals surface area contributed by atoms with Crippen LogP contribution in [0.5, 0.6) is 5.75 Å². The largest absolute Gasteiger partial charge is 0.508 e. The Morgan fingerprint density at radius 2 is 2.05 bits per heavy atom. The fraction of sp³-hybridized carbons (Fsp3) is 0.143. The van der Waals surface area contributed by atoms with Crippen molar-refractivity contribution in [2.45, 2.75) is 13.0 Å². The number of hydrogen-bond acceptors (Lipinski definition) is 4. The summed E-state index contributed by atoms with van der Waals surface area (Å²) in [6.07, 6.45) is 1.72. The van der Waals surface area contributed by atoms with Crippen molar-refractivity contribution in [1.29, 1.82) is 0 Å². The number of hydrogen-bond donors (Lipinski definition) is 3. The van der Waals surface area contributed by atoms with Crippen molar-refractivity contribution in [2.75, 3.05) is 5.32 Å². The van der Waals surface area contributed by atoms with Gasteiger partial charge in [-0.15, -0.1) is 0 Å². The topological polar surface area (TPSA) is 88.2 Å². The third-order valence-corrected chi connectivity index (χ3v) is 2.67. The van der Waals surface area contributed by atoms with Gasteiger partial charge in [0.2, 0.25) is 5.91 Å². The molecule has 0 bridgehead atoms. The van der Waals surface area contributed by atoms with Crippen molar-refractivity contribution in [3.05, 3.63) is 53.7 Å². The molecule has 4 N–H and O–H groups in total. The molecular weight excluding hydrogens is 242 g/mol. The van der Waals surface area contributed by atoms with Crippen molar-refractivity contribution in [1.82, 2.24) is 4.98 Å². The molecule has 5 nitrogen and oxygen atoms in total. The summed E-state index contributed by atoms with van der Waals surface area (Å²) in [6, 6.07) is 10.3. The summed E-state index contributed by atoms with van der Waals surface area (Å²) in [5.41, 5.74) is 6.95. The van der Waals surface area contributed by atoms with Gasteiger partial charge in [0.05, 0.1) is 6.42 Å². The summed E-state index contributed by atoms with van der Waals surface area (Å²) in [6.45, 7) is 0.416. The number of anilines is 1. The van der Waals surface area contributed by atoms with Gasteiger partial charge in [-0.2, -0.15) is 0 Å². The molecule has 1 amide bonds. The number of benzene rings is 1. The van der Waals surface area contributed by atoms with Gasteiger partial charge in [-0.1, -0.05) is 24.3 Å². The van der Waals surface area contributed by atoms with Gasteiger partial charge in [-0.05, 0) is 17.7 Å². The summed E-state index contributed by atoms with van der Waals surface area (Å²) >= 11 is 0. The second-order valence-corrected chi connectivity index (χ2v) is 4.11. The molecule has 0 spiro atoms. The number of rotatable bonds is 4. The number of nitrogens with two attached hydrogens (primary N) is 1. The number of pyridine rings is 1. The van der Waals surface area contributed by atoms with Crippen molar-refractivity contribution in [3.63, 3.8) is 0 Å². The lowest BCUT2D eigenvalue weighted by atomic mass is 10.1. The number of nitrogens with one attached hydrogen (secondary N) is 1. The van der Waals surface area contributed by atoms with Crippen LogP contribution >= 0.6 is 0 Å². The van der Waals surface area contributed by atoms with E-state index in [1.54, 1.807) is 36.5 Å². The lowest BCUT2D eigenvalue weighted by molar-refractivity contribution is -0.115. The van der Waals surface area contributed by atoms with Gasteiger partial charge in [-0.3, -0.25) is 4.79 Å². The zero-order chi connectivity index (χ0) is 13.7. The normalized spacial score (nSPS) is 10.2. The minimum atomic E-state index is -0.227. The molecule has 2 rings (SSSR count). The van der Waals surface area contributed by atoms with Crippen molar-refractivity contribution >= 4 is 11.7 Å². The summed E-state index contributed by atoms with van der Waals surface area (Å²) in [5, 5.41) is 12.3. The number of nitrogens with zero attached hydrogens (tertiary/aromatic N) is 1. The standard InChI is InChI=1S/C14H15N3O2/c15-8-10-5-6-13(16-9-10)17-14(19)7-11-3-1-2-4-12(11)18/h1-6,9,18H,7-8,15H2,(H,16,17,19). The Morgan fingerprint density at radius 3 is 2.68 bits per heavy atom. The number of phenolic OH excluding ortho intramolecular Hbond substituents is 1. The number of amides is 1. The Labute approximate surface area is 111 Å². The molecule has 0 aliphatic rings. The van der Waals surface area contributed by atoms with Gasteiger partial charge >= 0.3 is 0 Å². The SMILES string of the molecule is NCc1ccc(NC(=O)Cc2ccccc2O)nc1. The number of carbonyl (C=O) groups excluding carboxylic acids is 1. The fourth-order valence-electron chi connectivity index (χ4n) is 1.64. The van der Waals surface area contributed by atoms with Gasteiger partial charge in [0.15, 0.2) is 0 Å². The summed E-state index contributed by atoms with van der Waals surface area (Å²) < 4.78 is 0. The van der Waals surface area contributed by atoms with E-state index in [-0.39, 0.29) is 18.1 Å². The highest BCUT2D eigenvalue weighted by Gasteiger charge is 2.07. The van der Waals surface area contributed by atoms with E-state index in [1.807, 2.05) is 6.07 Å². The number of carbonyl (C=O) groups is 1. The molecule has 0 unspecified atom stereocenters. The first kappa shape index (κ1) is 13.0. The maximum atomic E-state index is 11.8. The maximum absolute atomic E-state index is 11.8. The van der Waals surface area contributed by atoms with E-state index in [0.717, 1.165) is 5.56 Å². The van der Waals surface area contributed by atoms with Gasteiger partial charge in [0.1, 0.15) is 11.6 Å². The number of para-hydroxylation sites is 1. The minimum absolute atomic E-state index is 0.104. The molecule has 1 aromatic heterocycles. The maximum Gasteiger partial charge on any atom is 0.230 e. The minimum Gasteiger partial charge on any atom is -0.508 e. The van der Waals surface area contributed by atoms with Crippen LogP contribution in [0.25, 0.3) is 0 Å². The van der Waals surface area contributed by atoms with E-state index in [4.69, 9.17) is 5.73 Å². The molecule has 98 valence electrons. The molecule has 0 radical (unpaired) electrons. The van der Waals surface area contributed by atoms with Crippen LogP contribution < -0.4 is 11.1 Å². The molecule has 2 aromatic rings. The van der Waals surface area contributed by atoms with Gasteiger partial charge in [0, 0.05) is 18.3 Å². The van der Waals surface area contributed by atoms with Gasteiger partial charge in [-0.25, -0.2) is 4.98 Å². The Kier molecular flexibility index (Phi) is 4.10. The zero-order valence-electron chi connectivity index (χ0n) is 10.3. The Balaban J connectivity index is 1.99.